The number of carbonyl (C=O) groups excluding carboxylic acids is 2. The van der Waals surface area contributed by atoms with Crippen molar-refractivity contribution in [2.75, 3.05) is 11.1 Å². The lowest BCUT2D eigenvalue weighted by molar-refractivity contribution is 0.102. The zero-order chi connectivity index (χ0) is 20.1. The number of benzene rings is 3. The molecule has 1 amide bonds. The van der Waals surface area contributed by atoms with Crippen LogP contribution in [0.5, 0.6) is 0 Å². The Hall–Kier alpha value is -3.08. The Bertz CT molecular complexity index is 1040. The normalized spacial score (nSPS) is 10.8. The standard InChI is InChI=1S/C22H16Cl2N2O2/c23-17-4-3-5-18(24)16(17)12-13-21(27)14-8-10-15(11-9-14)22(28)26-20-7-2-1-6-19(20)25/h1-13H,25H2,(H,26,28). The molecule has 0 aliphatic rings. The molecule has 0 atom stereocenters. The number of amides is 1. The first-order chi connectivity index (χ1) is 13.5. The summed E-state index contributed by atoms with van der Waals surface area (Å²) in [4.78, 5) is 24.7. The number of anilines is 2. The third-order valence-corrected chi connectivity index (χ3v) is 4.70. The van der Waals surface area contributed by atoms with Gasteiger partial charge in [0.2, 0.25) is 0 Å². The van der Waals surface area contributed by atoms with Crippen molar-refractivity contribution in [1.82, 2.24) is 0 Å². The fourth-order valence-corrected chi connectivity index (χ4v) is 3.04. The van der Waals surface area contributed by atoms with Crippen LogP contribution < -0.4 is 11.1 Å². The minimum absolute atomic E-state index is 0.227. The van der Waals surface area contributed by atoms with Gasteiger partial charge in [-0.2, -0.15) is 0 Å². The molecular weight excluding hydrogens is 395 g/mol. The number of allylic oxidation sites excluding steroid dienone is 1. The molecule has 0 unspecified atom stereocenters. The van der Waals surface area contributed by atoms with Crippen LogP contribution in [0.1, 0.15) is 26.3 Å². The van der Waals surface area contributed by atoms with Gasteiger partial charge in [0.25, 0.3) is 5.91 Å². The molecule has 0 heterocycles. The van der Waals surface area contributed by atoms with Crippen molar-refractivity contribution in [2.45, 2.75) is 0 Å². The average Bonchev–Trinajstić information content (AvgIpc) is 2.69. The topological polar surface area (TPSA) is 72.2 Å². The third kappa shape index (κ3) is 4.60. The molecule has 0 aliphatic heterocycles. The number of nitrogen functional groups attached to an aromatic ring is 1. The first kappa shape index (κ1) is 19.7. The summed E-state index contributed by atoms with van der Waals surface area (Å²) in [5.74, 6) is -0.537. The molecular formula is C22H16Cl2N2O2. The fourth-order valence-electron chi connectivity index (χ4n) is 2.52. The van der Waals surface area contributed by atoms with Crippen molar-refractivity contribution in [3.63, 3.8) is 0 Å². The van der Waals surface area contributed by atoms with Crippen molar-refractivity contribution < 1.29 is 9.59 Å². The van der Waals surface area contributed by atoms with E-state index in [0.717, 1.165) is 0 Å². The summed E-state index contributed by atoms with van der Waals surface area (Å²) in [6, 6.07) is 18.5. The molecule has 0 spiro atoms. The number of halogens is 2. The van der Waals surface area contributed by atoms with Crippen molar-refractivity contribution in [3.05, 3.63) is 99.5 Å². The predicted octanol–water partition coefficient (Wildman–Crippen LogP) is 5.72. The predicted molar refractivity (Wildman–Crippen MR) is 115 cm³/mol. The van der Waals surface area contributed by atoms with Gasteiger partial charge in [-0.25, -0.2) is 0 Å². The largest absolute Gasteiger partial charge is 0.397 e. The molecule has 3 aromatic carbocycles. The molecule has 0 aliphatic carbocycles. The minimum Gasteiger partial charge on any atom is -0.397 e. The number of nitrogens with one attached hydrogen (secondary N) is 1. The van der Waals surface area contributed by atoms with Crippen LogP contribution >= 0.6 is 23.2 Å². The van der Waals surface area contributed by atoms with Gasteiger partial charge in [-0.15, -0.1) is 0 Å². The molecule has 6 heteroatoms. The molecule has 0 saturated carbocycles. The summed E-state index contributed by atoms with van der Waals surface area (Å²) in [7, 11) is 0. The monoisotopic (exact) mass is 410 g/mol. The minimum atomic E-state index is -0.310. The number of ketones is 1. The number of carbonyl (C=O) groups is 2. The maximum Gasteiger partial charge on any atom is 0.255 e. The van der Waals surface area contributed by atoms with Crippen LogP contribution in [0.3, 0.4) is 0 Å². The second-order valence-electron chi connectivity index (χ2n) is 5.95. The lowest BCUT2D eigenvalue weighted by atomic mass is 10.1. The second-order valence-corrected chi connectivity index (χ2v) is 6.77. The van der Waals surface area contributed by atoms with E-state index < -0.39 is 0 Å². The van der Waals surface area contributed by atoms with Gasteiger partial charge in [0.1, 0.15) is 0 Å². The van der Waals surface area contributed by atoms with Gasteiger partial charge in [-0.3, -0.25) is 9.59 Å². The molecule has 4 nitrogen and oxygen atoms in total. The summed E-state index contributed by atoms with van der Waals surface area (Å²) in [5, 5.41) is 3.67. The molecule has 3 N–H and O–H groups in total. The van der Waals surface area contributed by atoms with Crippen LogP contribution in [-0.2, 0) is 0 Å². The van der Waals surface area contributed by atoms with E-state index in [0.29, 0.717) is 38.1 Å². The number of rotatable bonds is 5. The Labute approximate surface area is 172 Å². The maximum atomic E-state index is 12.4. The molecule has 0 bridgehead atoms. The molecule has 3 aromatic rings. The number of para-hydroxylation sites is 2. The van der Waals surface area contributed by atoms with E-state index in [-0.39, 0.29) is 11.7 Å². The van der Waals surface area contributed by atoms with E-state index >= 15 is 0 Å². The van der Waals surface area contributed by atoms with E-state index in [1.54, 1.807) is 72.8 Å². The molecule has 0 radical (unpaired) electrons. The highest BCUT2D eigenvalue weighted by atomic mass is 35.5. The molecule has 140 valence electrons. The summed E-state index contributed by atoms with van der Waals surface area (Å²) in [6.45, 7) is 0. The van der Waals surface area contributed by atoms with Gasteiger partial charge < -0.3 is 11.1 Å². The Morgan fingerprint density at radius 1 is 0.821 bits per heavy atom. The second kappa shape index (κ2) is 8.74. The van der Waals surface area contributed by atoms with Crippen LogP contribution in [0.15, 0.2) is 72.8 Å². The van der Waals surface area contributed by atoms with E-state index in [4.69, 9.17) is 28.9 Å². The smallest absolute Gasteiger partial charge is 0.255 e. The number of nitrogens with two attached hydrogens (primary N) is 1. The van der Waals surface area contributed by atoms with E-state index in [9.17, 15) is 9.59 Å². The summed E-state index contributed by atoms with van der Waals surface area (Å²) >= 11 is 12.2. The summed E-state index contributed by atoms with van der Waals surface area (Å²) < 4.78 is 0. The highest BCUT2D eigenvalue weighted by Gasteiger charge is 2.10. The first-order valence-electron chi connectivity index (χ1n) is 8.38. The van der Waals surface area contributed by atoms with Crippen LogP contribution in [0, 0.1) is 0 Å². The summed E-state index contributed by atoms with van der Waals surface area (Å²) in [5.41, 5.74) is 8.27. The first-order valence-corrected chi connectivity index (χ1v) is 9.13. The van der Waals surface area contributed by atoms with Crippen molar-refractivity contribution >= 4 is 52.3 Å². The Morgan fingerprint density at radius 2 is 1.43 bits per heavy atom. The highest BCUT2D eigenvalue weighted by molar-refractivity contribution is 6.37. The van der Waals surface area contributed by atoms with Gasteiger partial charge in [-0.1, -0.05) is 53.5 Å². The Kier molecular flexibility index (Phi) is 6.14. The molecule has 0 saturated heterocycles. The lowest BCUT2D eigenvalue weighted by Gasteiger charge is -2.08. The fraction of sp³-hybridized carbons (Fsp3) is 0. The van der Waals surface area contributed by atoms with Gasteiger partial charge in [-0.05, 0) is 48.6 Å². The molecule has 28 heavy (non-hydrogen) atoms. The van der Waals surface area contributed by atoms with Crippen LogP contribution in [0.2, 0.25) is 10.0 Å². The Balaban J connectivity index is 1.71. The number of hydrogen-bond acceptors (Lipinski definition) is 3. The van der Waals surface area contributed by atoms with Crippen molar-refractivity contribution in [1.29, 1.82) is 0 Å². The molecule has 3 rings (SSSR count). The van der Waals surface area contributed by atoms with Crippen LogP contribution in [-0.4, -0.2) is 11.7 Å². The van der Waals surface area contributed by atoms with E-state index in [1.165, 1.54) is 6.08 Å². The Morgan fingerprint density at radius 3 is 2.07 bits per heavy atom. The van der Waals surface area contributed by atoms with Gasteiger partial charge >= 0.3 is 0 Å². The third-order valence-electron chi connectivity index (χ3n) is 4.04. The maximum absolute atomic E-state index is 12.4. The molecule has 0 fully saturated rings. The average molecular weight is 411 g/mol. The van der Waals surface area contributed by atoms with Crippen LogP contribution in [0.4, 0.5) is 11.4 Å². The molecule has 0 aromatic heterocycles. The van der Waals surface area contributed by atoms with Gasteiger partial charge in [0.05, 0.1) is 11.4 Å². The quantitative estimate of drug-likeness (QED) is 0.320. The summed E-state index contributed by atoms with van der Waals surface area (Å²) in [6.07, 6.45) is 2.97. The zero-order valence-corrected chi connectivity index (χ0v) is 16.2. The van der Waals surface area contributed by atoms with Gasteiger partial charge in [0.15, 0.2) is 5.78 Å². The van der Waals surface area contributed by atoms with Crippen molar-refractivity contribution in [3.8, 4) is 0 Å². The SMILES string of the molecule is Nc1ccccc1NC(=O)c1ccc(C(=O)C=Cc2c(Cl)cccc2Cl)cc1. The lowest BCUT2D eigenvalue weighted by Crippen LogP contribution is -2.13. The highest BCUT2D eigenvalue weighted by Crippen LogP contribution is 2.25. The number of hydrogen-bond donors (Lipinski definition) is 2. The zero-order valence-electron chi connectivity index (χ0n) is 14.7. The van der Waals surface area contributed by atoms with Crippen LogP contribution in [0.25, 0.3) is 6.08 Å². The van der Waals surface area contributed by atoms with Gasteiger partial charge in [0, 0.05) is 26.7 Å². The van der Waals surface area contributed by atoms with Crippen molar-refractivity contribution in [2.24, 2.45) is 0 Å². The van der Waals surface area contributed by atoms with E-state index in [1.807, 2.05) is 0 Å². The van der Waals surface area contributed by atoms with E-state index in [2.05, 4.69) is 5.32 Å².